The molecule has 0 radical (unpaired) electrons. The Bertz CT molecular complexity index is 740. The normalized spacial score (nSPS) is 11.3. The van der Waals surface area contributed by atoms with E-state index in [1.807, 2.05) is 13.8 Å². The third-order valence-corrected chi connectivity index (χ3v) is 4.19. The molecule has 0 unspecified atom stereocenters. The van der Waals surface area contributed by atoms with E-state index in [9.17, 15) is 9.59 Å². The number of carbonyl (C=O) groups is 1. The van der Waals surface area contributed by atoms with E-state index in [1.54, 1.807) is 22.8 Å². The Morgan fingerprint density at radius 3 is 2.76 bits per heavy atom. The lowest BCUT2D eigenvalue weighted by molar-refractivity contribution is -0.114. The van der Waals surface area contributed by atoms with Crippen LogP contribution in [-0.4, -0.2) is 21.1 Å². The number of Topliss-reactive ketones (excluding diaryl/α,β-unsaturated/α-hetero) is 1. The van der Waals surface area contributed by atoms with Crippen LogP contribution in [-0.2, 0) is 11.3 Å². The van der Waals surface area contributed by atoms with Crippen LogP contribution in [0.2, 0.25) is 5.02 Å². The molecule has 1 heterocycles. The number of hydrogen-bond acceptors (Lipinski definition) is 4. The van der Waals surface area contributed by atoms with Crippen LogP contribution in [0.15, 0.2) is 28.2 Å². The Kier molecular flexibility index (Phi) is 5.06. The van der Waals surface area contributed by atoms with Crippen LogP contribution in [0, 0.1) is 5.92 Å². The van der Waals surface area contributed by atoms with E-state index in [0.29, 0.717) is 39.3 Å². The second kappa shape index (κ2) is 6.62. The molecule has 112 valence electrons. The van der Waals surface area contributed by atoms with Gasteiger partial charge in [0.2, 0.25) is 0 Å². The zero-order valence-corrected chi connectivity index (χ0v) is 13.8. The van der Waals surface area contributed by atoms with Crippen LogP contribution >= 0.6 is 23.4 Å². The number of ketones is 1. The summed E-state index contributed by atoms with van der Waals surface area (Å²) in [6.45, 7) is 6.16. The van der Waals surface area contributed by atoms with Gasteiger partial charge in [-0.3, -0.25) is 14.2 Å². The average Bonchev–Trinajstić information content (AvgIpc) is 2.40. The largest absolute Gasteiger partial charge is 0.299 e. The van der Waals surface area contributed by atoms with Gasteiger partial charge in [0.15, 0.2) is 5.16 Å². The minimum Gasteiger partial charge on any atom is -0.299 e. The zero-order chi connectivity index (χ0) is 15.6. The van der Waals surface area contributed by atoms with Crippen LogP contribution < -0.4 is 5.56 Å². The summed E-state index contributed by atoms with van der Waals surface area (Å²) in [5.74, 6) is 0.670. The van der Waals surface area contributed by atoms with Crippen LogP contribution in [0.3, 0.4) is 0 Å². The molecule has 6 heteroatoms. The third-order valence-electron chi connectivity index (χ3n) is 2.83. The fraction of sp³-hybridized carbons (Fsp3) is 0.400. The van der Waals surface area contributed by atoms with Gasteiger partial charge in [-0.25, -0.2) is 4.98 Å². The molecule has 0 N–H and O–H groups in total. The van der Waals surface area contributed by atoms with Gasteiger partial charge in [-0.15, -0.1) is 0 Å². The predicted molar refractivity (Wildman–Crippen MR) is 87.3 cm³/mol. The first kappa shape index (κ1) is 16.0. The molecular formula is C15H17ClN2O2S. The molecule has 1 aromatic carbocycles. The molecule has 0 aliphatic rings. The topological polar surface area (TPSA) is 52.0 Å². The lowest BCUT2D eigenvalue weighted by Crippen LogP contribution is -2.25. The number of fused-ring (bicyclic) bond motifs is 1. The number of aromatic nitrogens is 2. The molecule has 4 nitrogen and oxygen atoms in total. The minimum atomic E-state index is -0.109. The molecule has 0 saturated carbocycles. The summed E-state index contributed by atoms with van der Waals surface area (Å²) in [7, 11) is 0. The highest BCUT2D eigenvalue weighted by Crippen LogP contribution is 2.21. The fourth-order valence-electron chi connectivity index (χ4n) is 1.98. The molecule has 0 aliphatic carbocycles. The van der Waals surface area contributed by atoms with Gasteiger partial charge in [-0.2, -0.15) is 0 Å². The van der Waals surface area contributed by atoms with E-state index >= 15 is 0 Å². The van der Waals surface area contributed by atoms with Gasteiger partial charge in [0, 0.05) is 11.6 Å². The Hall–Kier alpha value is -1.33. The summed E-state index contributed by atoms with van der Waals surface area (Å²) < 4.78 is 1.64. The first-order valence-corrected chi connectivity index (χ1v) is 8.07. The van der Waals surface area contributed by atoms with E-state index in [0.717, 1.165) is 0 Å². The molecule has 0 amide bonds. The van der Waals surface area contributed by atoms with Crippen molar-refractivity contribution in [3.8, 4) is 0 Å². The smallest absolute Gasteiger partial charge is 0.262 e. The summed E-state index contributed by atoms with van der Waals surface area (Å²) in [6.07, 6.45) is 0. The van der Waals surface area contributed by atoms with Crippen LogP contribution in [0.1, 0.15) is 20.8 Å². The summed E-state index contributed by atoms with van der Waals surface area (Å²) in [5.41, 5.74) is 0.498. The Balaban J connectivity index is 2.61. The Labute approximate surface area is 132 Å². The molecule has 21 heavy (non-hydrogen) atoms. The van der Waals surface area contributed by atoms with Crippen molar-refractivity contribution < 1.29 is 4.79 Å². The molecule has 0 saturated heterocycles. The van der Waals surface area contributed by atoms with E-state index in [-0.39, 0.29) is 11.3 Å². The van der Waals surface area contributed by atoms with E-state index in [2.05, 4.69) is 4.98 Å². The Morgan fingerprint density at radius 1 is 1.43 bits per heavy atom. The molecule has 0 bridgehead atoms. The standard InChI is InChI=1S/C15H17ClN2O2S/c1-9(2)7-18-14(20)12-6-11(16)4-5-13(12)17-15(18)21-8-10(3)19/h4-6,9H,7-8H2,1-3H3. The number of halogens is 1. The second-order valence-electron chi connectivity index (χ2n) is 5.36. The SMILES string of the molecule is CC(=O)CSc1nc2ccc(Cl)cc2c(=O)n1CC(C)C. The van der Waals surface area contributed by atoms with Gasteiger partial charge in [-0.05, 0) is 31.0 Å². The van der Waals surface area contributed by atoms with E-state index in [4.69, 9.17) is 11.6 Å². The zero-order valence-electron chi connectivity index (χ0n) is 12.2. The highest BCUT2D eigenvalue weighted by atomic mass is 35.5. The van der Waals surface area contributed by atoms with E-state index in [1.165, 1.54) is 18.7 Å². The Morgan fingerprint density at radius 2 is 2.14 bits per heavy atom. The minimum absolute atomic E-state index is 0.0570. The van der Waals surface area contributed by atoms with Crippen LogP contribution in [0.25, 0.3) is 10.9 Å². The quantitative estimate of drug-likeness (QED) is 0.625. The lowest BCUT2D eigenvalue weighted by Gasteiger charge is -2.14. The highest BCUT2D eigenvalue weighted by Gasteiger charge is 2.13. The van der Waals surface area contributed by atoms with Crippen molar-refractivity contribution in [3.05, 3.63) is 33.6 Å². The number of hydrogen-bond donors (Lipinski definition) is 0. The molecule has 2 rings (SSSR count). The molecule has 0 atom stereocenters. The van der Waals surface area contributed by atoms with Crippen LogP contribution in [0.4, 0.5) is 0 Å². The van der Waals surface area contributed by atoms with Gasteiger partial charge in [0.05, 0.1) is 16.7 Å². The summed E-state index contributed by atoms with van der Waals surface area (Å²) >= 11 is 7.27. The van der Waals surface area contributed by atoms with Gasteiger partial charge in [0.1, 0.15) is 5.78 Å². The van der Waals surface area contributed by atoms with Crippen molar-refractivity contribution in [3.63, 3.8) is 0 Å². The summed E-state index contributed by atoms with van der Waals surface area (Å²) in [6, 6.07) is 5.08. The van der Waals surface area contributed by atoms with Crippen molar-refractivity contribution in [1.82, 2.24) is 9.55 Å². The molecule has 0 fully saturated rings. The van der Waals surface area contributed by atoms with Crippen molar-refractivity contribution in [1.29, 1.82) is 0 Å². The molecule has 0 spiro atoms. The number of thioether (sulfide) groups is 1. The first-order chi connectivity index (χ1) is 9.88. The number of rotatable bonds is 5. The number of nitrogens with zero attached hydrogens (tertiary/aromatic N) is 2. The maximum Gasteiger partial charge on any atom is 0.262 e. The highest BCUT2D eigenvalue weighted by molar-refractivity contribution is 7.99. The fourth-order valence-corrected chi connectivity index (χ4v) is 2.96. The average molecular weight is 325 g/mol. The predicted octanol–water partition coefficient (Wildman–Crippen LogP) is 3.39. The number of benzene rings is 1. The third kappa shape index (κ3) is 3.86. The van der Waals surface area contributed by atoms with Gasteiger partial charge < -0.3 is 0 Å². The molecule has 2 aromatic rings. The summed E-state index contributed by atoms with van der Waals surface area (Å²) in [5, 5.41) is 1.61. The molecule has 1 aromatic heterocycles. The van der Waals surface area contributed by atoms with Gasteiger partial charge in [0.25, 0.3) is 5.56 Å². The first-order valence-electron chi connectivity index (χ1n) is 6.71. The van der Waals surface area contributed by atoms with E-state index < -0.39 is 0 Å². The number of carbonyl (C=O) groups excluding carboxylic acids is 1. The lowest BCUT2D eigenvalue weighted by atomic mass is 10.2. The maximum absolute atomic E-state index is 12.6. The van der Waals surface area contributed by atoms with Crippen molar-refractivity contribution in [2.75, 3.05) is 5.75 Å². The second-order valence-corrected chi connectivity index (χ2v) is 6.74. The monoisotopic (exact) mass is 324 g/mol. The van der Waals surface area contributed by atoms with Gasteiger partial charge >= 0.3 is 0 Å². The molecular weight excluding hydrogens is 308 g/mol. The maximum atomic E-state index is 12.6. The molecule has 0 aliphatic heterocycles. The van der Waals surface area contributed by atoms with Crippen molar-refractivity contribution in [2.45, 2.75) is 32.5 Å². The van der Waals surface area contributed by atoms with Gasteiger partial charge in [-0.1, -0.05) is 37.2 Å². The van der Waals surface area contributed by atoms with Crippen molar-refractivity contribution >= 4 is 40.0 Å². The van der Waals surface area contributed by atoms with Crippen LogP contribution in [0.5, 0.6) is 0 Å². The summed E-state index contributed by atoms with van der Waals surface area (Å²) in [4.78, 5) is 28.4. The van der Waals surface area contributed by atoms with Crippen molar-refractivity contribution in [2.24, 2.45) is 5.92 Å².